The summed E-state index contributed by atoms with van der Waals surface area (Å²) in [5, 5.41) is 3.39. The highest BCUT2D eigenvalue weighted by Crippen LogP contribution is 2.23. The fraction of sp³-hybridized carbons (Fsp3) is 0.474. The number of methoxy groups -OCH3 is 1. The molecule has 0 aromatic carbocycles. The van der Waals surface area contributed by atoms with Crippen molar-refractivity contribution in [3.63, 3.8) is 0 Å². The molecule has 1 N–H and O–H groups in total. The first kappa shape index (κ1) is 23.6. The van der Waals surface area contributed by atoms with E-state index in [4.69, 9.17) is 9.73 Å². The Balaban J connectivity index is 0.00000300. The molecule has 2 aromatic heterocycles. The molecule has 8 nitrogen and oxygen atoms in total. The van der Waals surface area contributed by atoms with E-state index in [0.717, 1.165) is 54.4 Å². The van der Waals surface area contributed by atoms with Gasteiger partial charge in [0, 0.05) is 38.9 Å². The summed E-state index contributed by atoms with van der Waals surface area (Å²) in [5.41, 5.74) is 2.17. The van der Waals surface area contributed by atoms with Crippen molar-refractivity contribution in [2.45, 2.75) is 20.4 Å². The van der Waals surface area contributed by atoms with Crippen LogP contribution in [0.1, 0.15) is 18.2 Å². The number of guanidine groups is 1. The number of aromatic nitrogens is 3. The van der Waals surface area contributed by atoms with Gasteiger partial charge in [-0.05, 0) is 41.4 Å². The summed E-state index contributed by atoms with van der Waals surface area (Å²) in [6.45, 7) is 8.87. The molecule has 3 heterocycles. The lowest BCUT2D eigenvalue weighted by Crippen LogP contribution is -2.53. The number of hydrogen-bond donors (Lipinski definition) is 1. The molecule has 2 aromatic rings. The van der Waals surface area contributed by atoms with E-state index in [0.29, 0.717) is 18.4 Å². The van der Waals surface area contributed by atoms with Crippen LogP contribution in [0.25, 0.3) is 0 Å². The maximum Gasteiger partial charge on any atom is 0.232 e. The molecule has 1 saturated heterocycles. The number of anilines is 1. The number of nitrogens with zero attached hydrogens (tertiary/aromatic N) is 6. The van der Waals surface area contributed by atoms with Crippen molar-refractivity contribution in [2.75, 3.05) is 44.7 Å². The molecule has 3 rings (SSSR count). The Morgan fingerprint density at radius 2 is 2.03 bits per heavy atom. The van der Waals surface area contributed by atoms with Crippen LogP contribution in [-0.2, 0) is 6.54 Å². The second-order valence-electron chi connectivity index (χ2n) is 6.44. The van der Waals surface area contributed by atoms with Crippen molar-refractivity contribution in [3.05, 3.63) is 40.3 Å². The Morgan fingerprint density at radius 1 is 1.28 bits per heavy atom. The minimum atomic E-state index is 0. The van der Waals surface area contributed by atoms with Crippen molar-refractivity contribution in [1.82, 2.24) is 25.2 Å². The average molecular weight is 576 g/mol. The molecule has 10 heteroatoms. The molecule has 158 valence electrons. The number of halogens is 2. The zero-order valence-corrected chi connectivity index (χ0v) is 20.8. The molecule has 1 aliphatic heterocycles. The van der Waals surface area contributed by atoms with E-state index >= 15 is 0 Å². The third-order valence-electron chi connectivity index (χ3n) is 4.59. The van der Waals surface area contributed by atoms with Crippen LogP contribution in [0.15, 0.2) is 34.0 Å². The highest BCUT2D eigenvalue weighted by molar-refractivity contribution is 14.0. The smallest absolute Gasteiger partial charge is 0.232 e. The van der Waals surface area contributed by atoms with Gasteiger partial charge in [0.25, 0.3) is 0 Å². The summed E-state index contributed by atoms with van der Waals surface area (Å²) in [6, 6.07) is 4.02. The van der Waals surface area contributed by atoms with Gasteiger partial charge in [-0.3, -0.25) is 4.98 Å². The second kappa shape index (κ2) is 11.5. The van der Waals surface area contributed by atoms with Crippen molar-refractivity contribution in [3.8, 4) is 5.88 Å². The third kappa shape index (κ3) is 6.14. The summed E-state index contributed by atoms with van der Waals surface area (Å²) in [7, 11) is 1.61. The lowest BCUT2D eigenvalue weighted by Gasteiger charge is -2.36. The van der Waals surface area contributed by atoms with Gasteiger partial charge >= 0.3 is 0 Å². The van der Waals surface area contributed by atoms with E-state index in [1.807, 2.05) is 12.3 Å². The topological polar surface area (TPSA) is 78.8 Å². The predicted molar refractivity (Wildman–Crippen MR) is 129 cm³/mol. The first-order valence-corrected chi connectivity index (χ1v) is 10.2. The zero-order valence-electron chi connectivity index (χ0n) is 16.9. The van der Waals surface area contributed by atoms with E-state index in [1.165, 1.54) is 0 Å². The first-order chi connectivity index (χ1) is 13.6. The molecule has 29 heavy (non-hydrogen) atoms. The Hall–Kier alpha value is -1.69. The van der Waals surface area contributed by atoms with E-state index in [1.54, 1.807) is 13.3 Å². The number of aliphatic imine (C=N–C) groups is 1. The normalized spacial score (nSPS) is 14.4. The minimum Gasteiger partial charge on any atom is -0.480 e. The third-order valence-corrected chi connectivity index (χ3v) is 5.13. The SMILES string of the molecule is CCNC(=NCc1ncccc1C)N1CCN(c2ncc(Br)c(OC)n2)CC1.I. The number of ether oxygens (including phenoxy) is 1. The van der Waals surface area contributed by atoms with Crippen LogP contribution in [-0.4, -0.2) is 65.6 Å². The molecule has 0 unspecified atom stereocenters. The van der Waals surface area contributed by atoms with Crippen LogP contribution in [0.2, 0.25) is 0 Å². The van der Waals surface area contributed by atoms with Gasteiger partial charge in [0.2, 0.25) is 11.8 Å². The predicted octanol–water partition coefficient (Wildman–Crippen LogP) is 2.86. The number of hydrogen-bond acceptors (Lipinski definition) is 6. The second-order valence-corrected chi connectivity index (χ2v) is 7.29. The molecular formula is C19H27BrIN7O. The van der Waals surface area contributed by atoms with Gasteiger partial charge < -0.3 is 19.9 Å². The minimum absolute atomic E-state index is 0. The largest absolute Gasteiger partial charge is 0.480 e. The average Bonchev–Trinajstić information content (AvgIpc) is 2.73. The zero-order chi connectivity index (χ0) is 19.9. The summed E-state index contributed by atoms with van der Waals surface area (Å²) >= 11 is 3.40. The molecule has 0 bridgehead atoms. The van der Waals surface area contributed by atoms with E-state index < -0.39 is 0 Å². The lowest BCUT2D eigenvalue weighted by atomic mass is 10.2. The number of aryl methyl sites for hydroxylation is 1. The fourth-order valence-electron chi connectivity index (χ4n) is 3.02. The monoisotopic (exact) mass is 575 g/mol. The maximum atomic E-state index is 5.28. The highest BCUT2D eigenvalue weighted by Gasteiger charge is 2.22. The van der Waals surface area contributed by atoms with Crippen LogP contribution in [0.5, 0.6) is 5.88 Å². The van der Waals surface area contributed by atoms with E-state index in [-0.39, 0.29) is 24.0 Å². The summed E-state index contributed by atoms with van der Waals surface area (Å²) in [4.78, 5) is 22.6. The standard InChI is InChI=1S/C19H26BrN7O.HI/c1-4-21-18(24-13-16-14(2)6-5-7-22-16)26-8-10-27(11-9-26)19-23-12-15(20)17(25-19)28-3;/h5-7,12H,4,8-11,13H2,1-3H3,(H,21,24);1H. The first-order valence-electron chi connectivity index (χ1n) is 9.37. The van der Waals surface area contributed by atoms with Crippen molar-refractivity contribution in [1.29, 1.82) is 0 Å². The van der Waals surface area contributed by atoms with Crippen LogP contribution >= 0.6 is 39.9 Å². The Bertz CT molecular complexity index is 828. The van der Waals surface area contributed by atoms with Gasteiger partial charge in [0.05, 0.1) is 30.0 Å². The van der Waals surface area contributed by atoms with Gasteiger partial charge in [-0.25, -0.2) is 9.98 Å². The van der Waals surface area contributed by atoms with Crippen LogP contribution in [0.3, 0.4) is 0 Å². The molecule has 0 atom stereocenters. The number of pyridine rings is 1. The molecule has 0 saturated carbocycles. The van der Waals surface area contributed by atoms with Gasteiger partial charge in [-0.1, -0.05) is 6.07 Å². The van der Waals surface area contributed by atoms with Gasteiger partial charge in [-0.2, -0.15) is 4.98 Å². The molecular weight excluding hydrogens is 549 g/mol. The summed E-state index contributed by atoms with van der Waals surface area (Å²) in [6.07, 6.45) is 3.55. The van der Waals surface area contributed by atoms with Crippen molar-refractivity contribution >= 4 is 51.8 Å². The van der Waals surface area contributed by atoms with Gasteiger partial charge in [0.15, 0.2) is 5.96 Å². The van der Waals surface area contributed by atoms with Crippen molar-refractivity contribution < 1.29 is 4.74 Å². The molecule has 0 spiro atoms. The Kier molecular flexibility index (Phi) is 9.34. The van der Waals surface area contributed by atoms with E-state index in [9.17, 15) is 0 Å². The van der Waals surface area contributed by atoms with Crippen molar-refractivity contribution in [2.24, 2.45) is 4.99 Å². The summed E-state index contributed by atoms with van der Waals surface area (Å²) < 4.78 is 6.03. The molecule has 1 aliphatic rings. The van der Waals surface area contributed by atoms with Crippen LogP contribution < -0.4 is 15.0 Å². The quantitative estimate of drug-likeness (QED) is 0.334. The molecule has 0 amide bonds. The van der Waals surface area contributed by atoms with Gasteiger partial charge in [0.1, 0.15) is 0 Å². The van der Waals surface area contributed by atoms with Gasteiger partial charge in [-0.15, -0.1) is 24.0 Å². The summed E-state index contributed by atoms with van der Waals surface area (Å²) in [5.74, 6) is 2.15. The number of rotatable bonds is 5. The Morgan fingerprint density at radius 3 is 2.69 bits per heavy atom. The molecule has 0 aliphatic carbocycles. The number of piperazine rings is 1. The van der Waals surface area contributed by atoms with Crippen LogP contribution in [0.4, 0.5) is 5.95 Å². The lowest BCUT2D eigenvalue weighted by molar-refractivity contribution is 0.366. The van der Waals surface area contributed by atoms with Crippen LogP contribution in [0, 0.1) is 6.92 Å². The Labute approximate surface area is 197 Å². The fourth-order valence-corrected chi connectivity index (χ4v) is 3.37. The van der Waals surface area contributed by atoms with E-state index in [2.05, 4.69) is 65.9 Å². The number of nitrogens with one attached hydrogen (secondary N) is 1. The molecule has 0 radical (unpaired) electrons. The molecule has 1 fully saturated rings. The highest BCUT2D eigenvalue weighted by atomic mass is 127. The maximum absolute atomic E-state index is 5.28.